The molecule has 1 aliphatic heterocycles. The maximum Gasteiger partial charge on any atom is 0.335 e. The first-order valence-electron chi connectivity index (χ1n) is 6.87. The highest BCUT2D eigenvalue weighted by molar-refractivity contribution is 6.05. The monoisotopic (exact) mass is 285 g/mol. The van der Waals surface area contributed by atoms with E-state index in [1.807, 2.05) is 6.92 Å². The Morgan fingerprint density at radius 2 is 2.10 bits per heavy atom. The number of rotatable bonds is 3. The predicted molar refractivity (Wildman–Crippen MR) is 76.9 cm³/mol. The first-order valence-corrected chi connectivity index (χ1v) is 6.87. The second-order valence-electron chi connectivity index (χ2n) is 4.97. The smallest absolute Gasteiger partial charge is 0.335 e. The largest absolute Gasteiger partial charge is 0.478 e. The maximum absolute atomic E-state index is 12.5. The van der Waals surface area contributed by atoms with E-state index in [1.54, 1.807) is 29.2 Å². The molecule has 1 aromatic carbocycles. The number of carbonyl (C=O) groups excluding carboxylic acids is 1. The standard InChI is InChI=1S/C16H15NO4/c1-2-12-4-6-14(21-12)15(18)17-8-7-10-9-11(16(19)20)3-5-13(10)17/h3-6,9H,2,7-8H2,1H3,(H,19,20). The molecule has 5 heteroatoms. The van der Waals surface area contributed by atoms with E-state index in [1.165, 1.54) is 6.07 Å². The second-order valence-corrected chi connectivity index (χ2v) is 4.97. The molecule has 108 valence electrons. The fraction of sp³-hybridized carbons (Fsp3) is 0.250. The molecule has 2 aromatic rings. The van der Waals surface area contributed by atoms with Gasteiger partial charge in [-0.15, -0.1) is 0 Å². The minimum absolute atomic E-state index is 0.184. The van der Waals surface area contributed by atoms with Crippen LogP contribution in [-0.2, 0) is 12.8 Å². The van der Waals surface area contributed by atoms with Crippen molar-refractivity contribution in [3.8, 4) is 0 Å². The Kier molecular flexibility index (Phi) is 3.25. The van der Waals surface area contributed by atoms with Gasteiger partial charge in [-0.1, -0.05) is 6.92 Å². The summed E-state index contributed by atoms with van der Waals surface area (Å²) in [6.45, 7) is 2.51. The molecule has 3 rings (SSSR count). The van der Waals surface area contributed by atoms with Gasteiger partial charge in [-0.3, -0.25) is 4.79 Å². The first kappa shape index (κ1) is 13.4. The summed E-state index contributed by atoms with van der Waals surface area (Å²) in [5.41, 5.74) is 1.89. The molecule has 1 aliphatic rings. The lowest BCUT2D eigenvalue weighted by atomic mass is 10.1. The van der Waals surface area contributed by atoms with Gasteiger partial charge >= 0.3 is 5.97 Å². The second kappa shape index (κ2) is 5.09. The average Bonchev–Trinajstić information content (AvgIpc) is 3.12. The van der Waals surface area contributed by atoms with E-state index < -0.39 is 5.97 Å². The van der Waals surface area contributed by atoms with Crippen LogP contribution in [0.3, 0.4) is 0 Å². The van der Waals surface area contributed by atoms with Crippen molar-refractivity contribution >= 4 is 17.6 Å². The van der Waals surface area contributed by atoms with E-state index in [-0.39, 0.29) is 11.5 Å². The number of nitrogens with zero attached hydrogens (tertiary/aromatic N) is 1. The van der Waals surface area contributed by atoms with Crippen LogP contribution < -0.4 is 4.90 Å². The van der Waals surface area contributed by atoms with Crippen molar-refractivity contribution in [1.29, 1.82) is 0 Å². The van der Waals surface area contributed by atoms with Crippen molar-refractivity contribution in [3.05, 3.63) is 53.0 Å². The lowest BCUT2D eigenvalue weighted by Gasteiger charge is -2.15. The number of aryl methyl sites for hydroxylation is 1. The Balaban J connectivity index is 1.90. The Bertz CT molecular complexity index is 717. The van der Waals surface area contributed by atoms with Crippen molar-refractivity contribution in [3.63, 3.8) is 0 Å². The van der Waals surface area contributed by atoms with Gasteiger partial charge in [0.05, 0.1) is 5.56 Å². The van der Waals surface area contributed by atoms with Gasteiger partial charge in [0.2, 0.25) is 0 Å². The number of anilines is 1. The molecule has 0 bridgehead atoms. The predicted octanol–water partition coefficient (Wildman–Crippen LogP) is 2.74. The highest BCUT2D eigenvalue weighted by Gasteiger charge is 2.28. The zero-order valence-corrected chi connectivity index (χ0v) is 11.6. The summed E-state index contributed by atoms with van der Waals surface area (Å²) in [6.07, 6.45) is 1.40. The number of furan rings is 1. The van der Waals surface area contributed by atoms with E-state index in [0.29, 0.717) is 18.7 Å². The number of carboxylic acid groups (broad SMARTS) is 1. The van der Waals surface area contributed by atoms with Crippen LogP contribution in [0.25, 0.3) is 0 Å². The van der Waals surface area contributed by atoms with Crippen LogP contribution in [0.5, 0.6) is 0 Å². The van der Waals surface area contributed by atoms with Crippen molar-refractivity contribution in [2.45, 2.75) is 19.8 Å². The van der Waals surface area contributed by atoms with Crippen molar-refractivity contribution in [2.75, 3.05) is 11.4 Å². The summed E-state index contributed by atoms with van der Waals surface area (Å²) in [7, 11) is 0. The van der Waals surface area contributed by atoms with Crippen LogP contribution in [0.1, 0.15) is 39.2 Å². The van der Waals surface area contributed by atoms with Gasteiger partial charge in [-0.05, 0) is 42.3 Å². The fourth-order valence-electron chi connectivity index (χ4n) is 2.56. The summed E-state index contributed by atoms with van der Waals surface area (Å²) in [4.78, 5) is 25.1. The molecule has 0 radical (unpaired) electrons. The Morgan fingerprint density at radius 3 is 2.76 bits per heavy atom. The highest BCUT2D eigenvalue weighted by atomic mass is 16.4. The summed E-state index contributed by atoms with van der Waals surface area (Å²) in [5, 5.41) is 9.00. The van der Waals surface area contributed by atoms with Crippen LogP contribution in [0, 0.1) is 0 Å². The Morgan fingerprint density at radius 1 is 1.29 bits per heavy atom. The van der Waals surface area contributed by atoms with Gasteiger partial charge < -0.3 is 14.4 Å². The van der Waals surface area contributed by atoms with E-state index >= 15 is 0 Å². The zero-order chi connectivity index (χ0) is 15.0. The molecular formula is C16H15NO4. The van der Waals surface area contributed by atoms with E-state index in [2.05, 4.69) is 0 Å². The van der Waals surface area contributed by atoms with Crippen LogP contribution >= 0.6 is 0 Å². The van der Waals surface area contributed by atoms with Crippen molar-refractivity contribution in [2.24, 2.45) is 0 Å². The van der Waals surface area contributed by atoms with E-state index in [4.69, 9.17) is 9.52 Å². The summed E-state index contributed by atoms with van der Waals surface area (Å²) in [6, 6.07) is 8.33. The molecule has 5 nitrogen and oxygen atoms in total. The molecule has 0 spiro atoms. The molecule has 1 amide bonds. The lowest BCUT2D eigenvalue weighted by molar-refractivity contribution is 0.0696. The number of amides is 1. The number of hydrogen-bond donors (Lipinski definition) is 1. The van der Waals surface area contributed by atoms with Gasteiger partial charge in [0.15, 0.2) is 5.76 Å². The van der Waals surface area contributed by atoms with Crippen LogP contribution in [-0.4, -0.2) is 23.5 Å². The summed E-state index contributed by atoms with van der Waals surface area (Å²) >= 11 is 0. The zero-order valence-electron chi connectivity index (χ0n) is 11.6. The molecule has 21 heavy (non-hydrogen) atoms. The average molecular weight is 285 g/mol. The topological polar surface area (TPSA) is 70.8 Å². The molecule has 0 saturated carbocycles. The Hall–Kier alpha value is -2.56. The molecule has 2 heterocycles. The molecule has 1 aromatic heterocycles. The summed E-state index contributed by atoms with van der Waals surface area (Å²) < 4.78 is 5.50. The SMILES string of the molecule is CCc1ccc(C(=O)N2CCc3cc(C(=O)O)ccc32)o1. The van der Waals surface area contributed by atoms with E-state index in [9.17, 15) is 9.59 Å². The van der Waals surface area contributed by atoms with Crippen LogP contribution in [0.2, 0.25) is 0 Å². The molecule has 0 atom stereocenters. The Labute approximate surface area is 121 Å². The number of hydrogen-bond acceptors (Lipinski definition) is 3. The van der Waals surface area contributed by atoms with Gasteiger partial charge in [0.1, 0.15) is 5.76 Å². The molecule has 0 saturated heterocycles. The van der Waals surface area contributed by atoms with Gasteiger partial charge in [-0.25, -0.2) is 4.79 Å². The minimum atomic E-state index is -0.957. The number of fused-ring (bicyclic) bond motifs is 1. The number of aromatic carboxylic acids is 1. The van der Waals surface area contributed by atoms with Gasteiger partial charge in [0.25, 0.3) is 5.91 Å². The molecule has 0 unspecified atom stereocenters. The van der Waals surface area contributed by atoms with Crippen LogP contribution in [0.4, 0.5) is 5.69 Å². The maximum atomic E-state index is 12.5. The summed E-state index contributed by atoms with van der Waals surface area (Å²) in [5.74, 6) is -0.0428. The quantitative estimate of drug-likeness (QED) is 0.941. The molecular weight excluding hydrogens is 270 g/mol. The third-order valence-electron chi connectivity index (χ3n) is 3.69. The van der Waals surface area contributed by atoms with Crippen LogP contribution in [0.15, 0.2) is 34.7 Å². The highest BCUT2D eigenvalue weighted by Crippen LogP contribution is 2.30. The fourth-order valence-corrected chi connectivity index (χ4v) is 2.56. The normalized spacial score (nSPS) is 13.3. The van der Waals surface area contributed by atoms with Gasteiger partial charge in [-0.2, -0.15) is 0 Å². The molecule has 0 aliphatic carbocycles. The number of benzene rings is 1. The lowest BCUT2D eigenvalue weighted by Crippen LogP contribution is -2.28. The third kappa shape index (κ3) is 2.31. The van der Waals surface area contributed by atoms with Crippen molar-refractivity contribution < 1.29 is 19.1 Å². The molecule has 1 N–H and O–H groups in total. The third-order valence-corrected chi connectivity index (χ3v) is 3.69. The minimum Gasteiger partial charge on any atom is -0.478 e. The van der Waals surface area contributed by atoms with Gasteiger partial charge in [0, 0.05) is 18.7 Å². The number of carboxylic acids is 1. The molecule has 0 fully saturated rings. The first-order chi connectivity index (χ1) is 10.1. The van der Waals surface area contributed by atoms with E-state index in [0.717, 1.165) is 23.4 Å². The number of carbonyl (C=O) groups is 2. The van der Waals surface area contributed by atoms with Crippen molar-refractivity contribution in [1.82, 2.24) is 0 Å².